The van der Waals surface area contributed by atoms with Crippen molar-refractivity contribution in [3.05, 3.63) is 104 Å². The highest BCUT2D eigenvalue weighted by atomic mass is 32.1. The number of hydrogen-bond acceptors (Lipinski definition) is 5. The standard InChI is InChI=1S/C30H15F3N2S4/c1-16-3-5-17(6-4-16)19(15-34)11-21-13-24-26(36-21)28-29(38-24)27-25(39-28)14-22(37-27)12-23(35-2)18-7-9-20(10-8-18)30(31,32)33/h3-14H,1H3/b19-11+,23-12-. The lowest BCUT2D eigenvalue weighted by Crippen LogP contribution is -2.04. The molecule has 2 aromatic carbocycles. The summed E-state index contributed by atoms with van der Waals surface area (Å²) >= 11 is 6.69. The summed E-state index contributed by atoms with van der Waals surface area (Å²) in [5.41, 5.74) is 2.71. The highest BCUT2D eigenvalue weighted by Gasteiger charge is 2.30. The molecule has 0 aliphatic rings. The van der Waals surface area contributed by atoms with Gasteiger partial charge in [0.05, 0.1) is 42.6 Å². The van der Waals surface area contributed by atoms with Crippen LogP contribution >= 0.6 is 45.3 Å². The van der Waals surface area contributed by atoms with Crippen molar-refractivity contribution in [3.8, 4) is 6.07 Å². The van der Waals surface area contributed by atoms with Crippen LogP contribution in [-0.2, 0) is 6.18 Å². The molecule has 0 radical (unpaired) electrons. The molecule has 0 spiro atoms. The molecule has 0 saturated carbocycles. The number of thiophene rings is 4. The van der Waals surface area contributed by atoms with Gasteiger partial charge in [-0.2, -0.15) is 18.4 Å². The zero-order valence-electron chi connectivity index (χ0n) is 20.1. The number of allylic oxidation sites excluding steroid dienone is 1. The summed E-state index contributed by atoms with van der Waals surface area (Å²) in [6.07, 6.45) is -0.722. The minimum absolute atomic E-state index is 0.305. The molecule has 0 unspecified atom stereocenters. The van der Waals surface area contributed by atoms with Gasteiger partial charge in [0.1, 0.15) is 0 Å². The quantitative estimate of drug-likeness (QED) is 0.149. The van der Waals surface area contributed by atoms with Crippen molar-refractivity contribution in [2.75, 3.05) is 0 Å². The molecule has 6 aromatic rings. The molecular weight excluding hydrogens is 574 g/mol. The van der Waals surface area contributed by atoms with Gasteiger partial charge in [0.25, 0.3) is 0 Å². The first-order valence-corrected chi connectivity index (χ1v) is 14.8. The van der Waals surface area contributed by atoms with Crippen molar-refractivity contribution in [2.24, 2.45) is 0 Å². The molecule has 0 aliphatic heterocycles. The van der Waals surface area contributed by atoms with Crippen LogP contribution in [0.2, 0.25) is 0 Å². The Kier molecular flexibility index (Phi) is 6.41. The molecule has 0 atom stereocenters. The largest absolute Gasteiger partial charge is 0.416 e. The van der Waals surface area contributed by atoms with Crippen molar-refractivity contribution >= 4 is 97.0 Å². The van der Waals surface area contributed by atoms with Crippen LogP contribution in [0.25, 0.3) is 56.5 Å². The monoisotopic (exact) mass is 588 g/mol. The Labute approximate surface area is 237 Å². The molecule has 0 fully saturated rings. The van der Waals surface area contributed by atoms with E-state index in [2.05, 4.69) is 17.0 Å². The van der Waals surface area contributed by atoms with Crippen LogP contribution in [0.15, 0.2) is 60.7 Å². The molecule has 6 rings (SSSR count). The molecule has 2 nitrogen and oxygen atoms in total. The van der Waals surface area contributed by atoms with Crippen molar-refractivity contribution in [1.82, 2.24) is 0 Å². The van der Waals surface area contributed by atoms with E-state index >= 15 is 0 Å². The number of rotatable bonds is 4. The number of nitriles is 1. The zero-order valence-corrected chi connectivity index (χ0v) is 23.4. The molecule has 0 bridgehead atoms. The van der Waals surface area contributed by atoms with Crippen LogP contribution in [0.5, 0.6) is 0 Å². The fourth-order valence-electron chi connectivity index (χ4n) is 4.21. The van der Waals surface area contributed by atoms with Crippen LogP contribution < -0.4 is 0 Å². The van der Waals surface area contributed by atoms with Crippen LogP contribution in [0.4, 0.5) is 13.2 Å². The van der Waals surface area contributed by atoms with Gasteiger partial charge in [-0.15, -0.1) is 45.3 Å². The van der Waals surface area contributed by atoms with Crippen molar-refractivity contribution in [2.45, 2.75) is 13.1 Å². The Morgan fingerprint density at radius 2 is 1.33 bits per heavy atom. The topological polar surface area (TPSA) is 28.1 Å². The maximum Gasteiger partial charge on any atom is 0.416 e. The Balaban J connectivity index is 1.33. The number of halogens is 3. The summed E-state index contributed by atoms with van der Waals surface area (Å²) in [7, 11) is 0. The second kappa shape index (κ2) is 9.78. The van der Waals surface area contributed by atoms with E-state index in [1.54, 1.807) is 51.4 Å². The Morgan fingerprint density at radius 1 is 0.795 bits per heavy atom. The van der Waals surface area contributed by atoms with Gasteiger partial charge in [0, 0.05) is 19.2 Å². The van der Waals surface area contributed by atoms with E-state index in [0.29, 0.717) is 16.8 Å². The van der Waals surface area contributed by atoms with E-state index in [4.69, 9.17) is 6.57 Å². The first-order valence-electron chi connectivity index (χ1n) is 11.6. The molecule has 0 aliphatic carbocycles. The van der Waals surface area contributed by atoms with Crippen molar-refractivity contribution in [3.63, 3.8) is 0 Å². The first-order chi connectivity index (χ1) is 18.7. The highest BCUT2D eigenvalue weighted by molar-refractivity contribution is 7.44. The van der Waals surface area contributed by atoms with Gasteiger partial charge in [0.15, 0.2) is 5.70 Å². The molecule has 4 aromatic heterocycles. The fraction of sp³-hybridized carbons (Fsp3) is 0.0667. The second-order valence-corrected chi connectivity index (χ2v) is 13.1. The third-order valence-electron chi connectivity index (χ3n) is 6.15. The lowest BCUT2D eigenvalue weighted by atomic mass is 10.0. The van der Waals surface area contributed by atoms with Crippen molar-refractivity contribution < 1.29 is 13.2 Å². The third-order valence-corrected chi connectivity index (χ3v) is 11.3. The van der Waals surface area contributed by atoms with Crippen LogP contribution in [0.1, 0.15) is 32.0 Å². The number of nitrogens with zero attached hydrogens (tertiary/aromatic N) is 2. The van der Waals surface area contributed by atoms with Crippen LogP contribution in [-0.4, -0.2) is 0 Å². The predicted molar refractivity (Wildman–Crippen MR) is 161 cm³/mol. The van der Waals surface area contributed by atoms with Gasteiger partial charge >= 0.3 is 6.18 Å². The van der Waals surface area contributed by atoms with Gasteiger partial charge in [-0.1, -0.05) is 54.1 Å². The second-order valence-electron chi connectivity index (χ2n) is 8.80. The summed E-state index contributed by atoms with van der Waals surface area (Å²) in [5.74, 6) is 0. The molecule has 0 saturated heterocycles. The average Bonchev–Trinajstić information content (AvgIpc) is 3.65. The van der Waals surface area contributed by atoms with Gasteiger partial charge in [-0.05, 0) is 42.3 Å². The summed E-state index contributed by atoms with van der Waals surface area (Å²) < 4.78 is 45.8. The Hall–Kier alpha value is -3.73. The van der Waals surface area contributed by atoms with Crippen LogP contribution in [0, 0.1) is 24.8 Å². The lowest BCUT2D eigenvalue weighted by molar-refractivity contribution is -0.137. The van der Waals surface area contributed by atoms with E-state index in [0.717, 1.165) is 42.4 Å². The fourth-order valence-corrected chi connectivity index (χ4v) is 9.74. The third kappa shape index (κ3) is 4.80. The Morgan fingerprint density at radius 3 is 1.85 bits per heavy atom. The predicted octanol–water partition coefficient (Wildman–Crippen LogP) is 11.2. The molecule has 39 heavy (non-hydrogen) atoms. The minimum Gasteiger partial charge on any atom is -0.237 e. The number of benzene rings is 2. The Bertz CT molecular complexity index is 2010. The summed E-state index contributed by atoms with van der Waals surface area (Å²) in [6, 6.07) is 19.1. The average molecular weight is 589 g/mol. The smallest absolute Gasteiger partial charge is 0.237 e. The summed E-state index contributed by atoms with van der Waals surface area (Å²) in [6.45, 7) is 9.59. The van der Waals surface area contributed by atoms with E-state index in [9.17, 15) is 18.4 Å². The van der Waals surface area contributed by atoms with E-state index in [1.807, 2.05) is 43.3 Å². The molecule has 190 valence electrons. The number of hydrogen-bond donors (Lipinski definition) is 0. The maximum atomic E-state index is 12.9. The van der Waals surface area contributed by atoms with Crippen molar-refractivity contribution in [1.29, 1.82) is 5.26 Å². The van der Waals surface area contributed by atoms with Crippen LogP contribution in [0.3, 0.4) is 0 Å². The van der Waals surface area contributed by atoms with Gasteiger partial charge in [-0.25, -0.2) is 4.85 Å². The number of fused-ring (bicyclic) bond motifs is 5. The molecule has 0 amide bonds. The first kappa shape index (κ1) is 25.5. The van der Waals surface area contributed by atoms with E-state index < -0.39 is 11.7 Å². The van der Waals surface area contributed by atoms with Gasteiger partial charge in [-0.3, -0.25) is 0 Å². The number of alkyl halides is 3. The van der Waals surface area contributed by atoms with Gasteiger partial charge < -0.3 is 0 Å². The van der Waals surface area contributed by atoms with Gasteiger partial charge in [0.2, 0.25) is 0 Å². The normalized spacial score (nSPS) is 12.9. The lowest BCUT2D eigenvalue weighted by Gasteiger charge is -2.07. The molecular formula is C30H15F3N2S4. The zero-order chi connectivity index (χ0) is 27.3. The highest BCUT2D eigenvalue weighted by Crippen LogP contribution is 2.50. The minimum atomic E-state index is -4.41. The number of aryl methyl sites for hydroxylation is 1. The van der Waals surface area contributed by atoms with E-state index in [1.165, 1.54) is 30.9 Å². The maximum absolute atomic E-state index is 12.9. The summed E-state index contributed by atoms with van der Waals surface area (Å²) in [5, 5.41) is 9.72. The van der Waals surface area contributed by atoms with E-state index in [-0.39, 0.29) is 0 Å². The summed E-state index contributed by atoms with van der Waals surface area (Å²) in [4.78, 5) is 5.50. The molecule has 4 heterocycles. The molecule has 9 heteroatoms. The molecule has 0 N–H and O–H groups in total. The SMILES string of the molecule is [C-]#[N+]/C(=C\c1cc2sc3c4sc(/C=C(\C#N)c5ccc(C)cc5)cc4sc3c2s1)c1ccc(C(F)(F)F)cc1.